The van der Waals surface area contributed by atoms with Crippen molar-refractivity contribution < 1.29 is 28.6 Å². The largest absolute Gasteiger partial charge is 0.462 e. The molecule has 6 nitrogen and oxygen atoms in total. The Hall–Kier alpha value is -3.67. The van der Waals surface area contributed by atoms with Gasteiger partial charge >= 0.3 is 17.9 Å². The molecule has 0 heterocycles. The topological polar surface area (TPSA) is 78.9 Å². The first-order valence-corrected chi connectivity index (χ1v) is 27.7. The molecule has 6 heteroatoms. The number of ether oxygens (including phenoxy) is 3. The average Bonchev–Trinajstić information content (AvgIpc) is 3.33. The number of allylic oxidation sites excluding steroid dienone is 16. The van der Waals surface area contributed by atoms with Gasteiger partial charge in [-0.05, 0) is 83.5 Å². The smallest absolute Gasteiger partial charge is 0.306 e. The number of carbonyl (C=O) groups is 3. The Bertz CT molecular complexity index is 1350. The van der Waals surface area contributed by atoms with Gasteiger partial charge in [0.2, 0.25) is 0 Å². The van der Waals surface area contributed by atoms with E-state index >= 15 is 0 Å². The van der Waals surface area contributed by atoms with Crippen LogP contribution >= 0.6 is 0 Å². The van der Waals surface area contributed by atoms with Gasteiger partial charge in [0.1, 0.15) is 13.2 Å². The highest BCUT2D eigenvalue weighted by Crippen LogP contribution is 2.15. The molecule has 0 spiro atoms. The molecule has 0 aromatic rings. The van der Waals surface area contributed by atoms with Gasteiger partial charge in [0, 0.05) is 19.3 Å². The second kappa shape index (κ2) is 54.9. The zero-order valence-corrected chi connectivity index (χ0v) is 43.6. The second-order valence-corrected chi connectivity index (χ2v) is 18.1. The van der Waals surface area contributed by atoms with Gasteiger partial charge in [0.05, 0.1) is 0 Å². The normalized spacial score (nSPS) is 12.8. The van der Waals surface area contributed by atoms with Gasteiger partial charge in [-0.3, -0.25) is 14.4 Å². The molecule has 67 heavy (non-hydrogen) atoms. The minimum atomic E-state index is -0.811. The summed E-state index contributed by atoms with van der Waals surface area (Å²) < 4.78 is 16.8. The summed E-state index contributed by atoms with van der Waals surface area (Å²) in [6.45, 7) is 6.34. The first kappa shape index (κ1) is 63.3. The summed E-state index contributed by atoms with van der Waals surface area (Å²) >= 11 is 0. The molecule has 0 aliphatic heterocycles. The zero-order chi connectivity index (χ0) is 48.6. The first-order valence-electron chi connectivity index (χ1n) is 27.7. The highest BCUT2D eigenvalue weighted by molar-refractivity contribution is 5.71. The molecule has 0 aliphatic carbocycles. The monoisotopic (exact) mass is 931 g/mol. The third kappa shape index (κ3) is 53.2. The number of esters is 3. The molecule has 0 amide bonds. The number of unbranched alkanes of at least 4 members (excludes halogenated alkanes) is 22. The Morgan fingerprint density at radius 1 is 0.313 bits per heavy atom. The van der Waals surface area contributed by atoms with Crippen LogP contribution in [0.1, 0.15) is 252 Å². The maximum absolute atomic E-state index is 12.8. The molecular weight excluding hydrogens is 829 g/mol. The number of hydrogen-bond acceptors (Lipinski definition) is 6. The molecule has 0 saturated carbocycles. The molecule has 382 valence electrons. The second-order valence-electron chi connectivity index (χ2n) is 18.1. The summed E-state index contributed by atoms with van der Waals surface area (Å²) in [4.78, 5) is 38.1. The summed E-state index contributed by atoms with van der Waals surface area (Å²) in [5.74, 6) is -1.000. The molecule has 1 unspecified atom stereocenters. The van der Waals surface area contributed by atoms with E-state index in [9.17, 15) is 14.4 Å². The van der Waals surface area contributed by atoms with Gasteiger partial charge in [-0.15, -0.1) is 0 Å². The summed E-state index contributed by atoms with van der Waals surface area (Å²) in [7, 11) is 0. The molecule has 0 N–H and O–H groups in total. The van der Waals surface area contributed by atoms with Crippen LogP contribution in [0.25, 0.3) is 0 Å². The van der Waals surface area contributed by atoms with Crippen LogP contribution in [0.2, 0.25) is 0 Å². The van der Waals surface area contributed by atoms with E-state index in [2.05, 4.69) is 112 Å². The zero-order valence-electron chi connectivity index (χ0n) is 43.6. The van der Waals surface area contributed by atoms with E-state index in [1.165, 1.54) is 103 Å². The van der Waals surface area contributed by atoms with Gasteiger partial charge in [0.25, 0.3) is 0 Å². The van der Waals surface area contributed by atoms with Crippen LogP contribution in [0.15, 0.2) is 97.2 Å². The van der Waals surface area contributed by atoms with Crippen LogP contribution in [0.4, 0.5) is 0 Å². The van der Waals surface area contributed by atoms with E-state index in [1.807, 2.05) is 6.08 Å². The fourth-order valence-corrected chi connectivity index (χ4v) is 7.51. The highest BCUT2D eigenvalue weighted by atomic mass is 16.6. The average molecular weight is 931 g/mol. The van der Waals surface area contributed by atoms with Crippen molar-refractivity contribution in [2.45, 2.75) is 258 Å². The van der Waals surface area contributed by atoms with Crippen LogP contribution in [-0.2, 0) is 28.6 Å². The van der Waals surface area contributed by atoms with Gasteiger partial charge in [0.15, 0.2) is 6.10 Å². The van der Waals surface area contributed by atoms with Crippen LogP contribution in [0.5, 0.6) is 0 Å². The molecule has 0 rings (SSSR count). The van der Waals surface area contributed by atoms with Crippen LogP contribution in [0, 0.1) is 0 Å². The van der Waals surface area contributed by atoms with Crippen molar-refractivity contribution in [3.63, 3.8) is 0 Å². The predicted molar refractivity (Wildman–Crippen MR) is 288 cm³/mol. The van der Waals surface area contributed by atoms with Crippen molar-refractivity contribution >= 4 is 17.9 Å². The fraction of sp³-hybridized carbons (Fsp3) is 0.689. The molecule has 0 saturated heterocycles. The van der Waals surface area contributed by atoms with E-state index < -0.39 is 6.10 Å². The molecule has 0 aromatic heterocycles. The Balaban J connectivity index is 4.45. The van der Waals surface area contributed by atoms with E-state index in [1.54, 1.807) is 0 Å². The van der Waals surface area contributed by atoms with Crippen LogP contribution in [-0.4, -0.2) is 37.2 Å². The molecule has 0 aromatic carbocycles. The lowest BCUT2D eigenvalue weighted by Gasteiger charge is -2.18. The Morgan fingerprint density at radius 2 is 0.612 bits per heavy atom. The van der Waals surface area contributed by atoms with Gasteiger partial charge in [-0.25, -0.2) is 0 Å². The molecule has 0 radical (unpaired) electrons. The Kier molecular flexibility index (Phi) is 51.9. The fourth-order valence-electron chi connectivity index (χ4n) is 7.51. The lowest BCUT2D eigenvalue weighted by molar-refractivity contribution is -0.166. The molecule has 1 atom stereocenters. The van der Waals surface area contributed by atoms with E-state index in [0.29, 0.717) is 19.3 Å². The van der Waals surface area contributed by atoms with E-state index in [4.69, 9.17) is 14.2 Å². The van der Waals surface area contributed by atoms with Crippen molar-refractivity contribution in [2.75, 3.05) is 13.2 Å². The van der Waals surface area contributed by atoms with Gasteiger partial charge < -0.3 is 14.2 Å². The number of rotatable bonds is 49. The van der Waals surface area contributed by atoms with Crippen molar-refractivity contribution in [3.05, 3.63) is 97.2 Å². The quantitative estimate of drug-likeness (QED) is 0.0262. The third-order valence-electron chi connectivity index (χ3n) is 11.6. The summed E-state index contributed by atoms with van der Waals surface area (Å²) in [6.07, 6.45) is 72.7. The van der Waals surface area contributed by atoms with E-state index in [-0.39, 0.29) is 37.5 Å². The summed E-state index contributed by atoms with van der Waals surface area (Å²) in [5, 5.41) is 0. The Labute approximate surface area is 413 Å². The van der Waals surface area contributed by atoms with Crippen molar-refractivity contribution in [1.29, 1.82) is 0 Å². The summed E-state index contributed by atoms with van der Waals surface area (Å²) in [5.41, 5.74) is 0. The molecule has 0 fully saturated rings. The predicted octanol–water partition coefficient (Wildman–Crippen LogP) is 18.5. The van der Waals surface area contributed by atoms with Crippen molar-refractivity contribution in [2.24, 2.45) is 0 Å². The maximum Gasteiger partial charge on any atom is 0.306 e. The Morgan fingerprint density at radius 3 is 1.00 bits per heavy atom. The third-order valence-corrected chi connectivity index (χ3v) is 11.6. The minimum Gasteiger partial charge on any atom is -0.462 e. The highest BCUT2D eigenvalue weighted by Gasteiger charge is 2.19. The van der Waals surface area contributed by atoms with Crippen LogP contribution in [0.3, 0.4) is 0 Å². The first-order chi connectivity index (χ1) is 33.0. The van der Waals surface area contributed by atoms with Crippen LogP contribution < -0.4 is 0 Å². The molecular formula is C61H102O6. The lowest BCUT2D eigenvalue weighted by Crippen LogP contribution is -2.30. The minimum absolute atomic E-state index is 0.106. The number of hydrogen-bond donors (Lipinski definition) is 0. The lowest BCUT2D eigenvalue weighted by atomic mass is 10.0. The van der Waals surface area contributed by atoms with Gasteiger partial charge in [-0.2, -0.15) is 0 Å². The van der Waals surface area contributed by atoms with Crippen molar-refractivity contribution in [1.82, 2.24) is 0 Å². The maximum atomic E-state index is 12.8. The standard InChI is InChI=1S/C61H102O6/c1-4-7-10-13-16-19-22-25-27-29-30-32-33-36-39-42-45-48-51-54-60(63)66-57-58(56-65-59(62)53-50-47-44-41-38-35-24-21-18-15-12-9-6-3)67-61(64)55-52-49-46-43-40-37-34-31-28-26-23-20-17-14-11-8-5-2/h7,9-10,12,16,18-19,21,25,27,30,32,35,38,44,47,58H,4-6,8,11,13-15,17,20,22-24,26,28-29,31,33-34,36-37,39-43,45-46,48-57H2,1-3H3/b10-7-,12-9-,19-16-,21-18-,27-25-,32-30-,38-35-,47-44-. The van der Waals surface area contributed by atoms with Gasteiger partial charge in [-0.1, -0.05) is 246 Å². The SMILES string of the molecule is CC/C=C\C/C=C\C/C=C\C/C=C\CCCCCCCCC(=O)OCC(COC(=O)CC/C=C\C/C=C\C/C=C\C/C=C\CC)OC(=O)CCCCCCCCCCCCCCCCCCC. The molecule has 0 bridgehead atoms. The molecule has 0 aliphatic rings. The summed E-state index contributed by atoms with van der Waals surface area (Å²) in [6, 6.07) is 0. The van der Waals surface area contributed by atoms with Crippen molar-refractivity contribution in [3.8, 4) is 0 Å². The number of carbonyl (C=O) groups excluding carboxylic acids is 3. The van der Waals surface area contributed by atoms with E-state index in [0.717, 1.165) is 103 Å².